The maximum absolute atomic E-state index is 6.29. The largest absolute Gasteiger partial charge is 0.494 e. The maximum Gasteiger partial charge on any atom is 0.494 e. The van der Waals surface area contributed by atoms with Crippen molar-refractivity contribution in [2.45, 2.75) is 38.9 Å². The third kappa shape index (κ3) is 10.1. The summed E-state index contributed by atoms with van der Waals surface area (Å²) in [6, 6.07) is 85.6. The molecule has 0 radical (unpaired) electrons. The molecule has 0 spiro atoms. The first-order valence-corrected chi connectivity index (χ1v) is 27.5. The SMILES string of the molecule is Brc1cc(-c2ccccc2)cc(-c2ccc3c4ccccc4n(-c4ccccc4)c3c2)c1.Brc1cc(I)cc(-c2ccccc2)c1.CC1(C)OB(c2ccc3c4ccccc4n(-c4ccccc4)c3c2)OC1(C)C. The summed E-state index contributed by atoms with van der Waals surface area (Å²) >= 11 is 9.56. The van der Waals surface area contributed by atoms with Crippen LogP contribution in [0.5, 0.6) is 0 Å². The number of benzene rings is 10. The van der Waals surface area contributed by atoms with Gasteiger partial charge in [-0.25, -0.2) is 0 Å². The number of hydrogen-bond donors (Lipinski definition) is 0. The molecule has 0 unspecified atom stereocenters. The van der Waals surface area contributed by atoms with E-state index in [4.69, 9.17) is 9.31 Å². The van der Waals surface area contributed by atoms with Crippen molar-refractivity contribution in [3.05, 3.63) is 255 Å². The molecule has 12 aromatic rings. The molecule has 10 aromatic carbocycles. The number of para-hydroxylation sites is 4. The van der Waals surface area contributed by atoms with Gasteiger partial charge in [0.1, 0.15) is 0 Å². The van der Waals surface area contributed by atoms with E-state index in [1.165, 1.54) is 86.2 Å². The maximum atomic E-state index is 6.29. The minimum atomic E-state index is -0.364. The van der Waals surface area contributed by atoms with Gasteiger partial charge in [-0.3, -0.25) is 0 Å². The molecule has 4 nitrogen and oxygen atoms in total. The molecule has 0 N–H and O–H groups in total. The fraction of sp³-hybridized carbons (Fsp3) is 0.0909. The zero-order valence-corrected chi connectivity index (χ0v) is 46.8. The highest BCUT2D eigenvalue weighted by Crippen LogP contribution is 2.39. The summed E-state index contributed by atoms with van der Waals surface area (Å²) in [5, 5.41) is 5.03. The molecule has 0 atom stereocenters. The predicted molar refractivity (Wildman–Crippen MR) is 328 cm³/mol. The van der Waals surface area contributed by atoms with Crippen molar-refractivity contribution in [1.29, 1.82) is 0 Å². The highest BCUT2D eigenvalue weighted by atomic mass is 127. The van der Waals surface area contributed by atoms with Gasteiger partial charge in [-0.05, 0) is 174 Å². The summed E-state index contributed by atoms with van der Waals surface area (Å²) in [4.78, 5) is 0. The first kappa shape index (κ1) is 49.7. The van der Waals surface area contributed by atoms with E-state index in [9.17, 15) is 0 Å². The Morgan fingerprint density at radius 2 is 0.743 bits per heavy atom. The molecule has 1 fully saturated rings. The van der Waals surface area contributed by atoms with Crippen LogP contribution in [0.25, 0.3) is 88.4 Å². The van der Waals surface area contributed by atoms with E-state index >= 15 is 0 Å². The van der Waals surface area contributed by atoms with Gasteiger partial charge >= 0.3 is 7.12 Å². The summed E-state index contributed by atoms with van der Waals surface area (Å²) < 4.78 is 20.7. The second-order valence-corrected chi connectivity index (χ2v) is 22.7. The van der Waals surface area contributed by atoms with Crippen LogP contribution < -0.4 is 5.46 Å². The summed E-state index contributed by atoms with van der Waals surface area (Å²) in [6.45, 7) is 8.36. The molecule has 1 aliphatic rings. The van der Waals surface area contributed by atoms with Crippen LogP contribution in [0.3, 0.4) is 0 Å². The Bertz CT molecular complexity index is 3920. The van der Waals surface area contributed by atoms with Gasteiger partial charge in [-0.2, -0.15) is 0 Å². The Balaban J connectivity index is 0.000000128. The Morgan fingerprint density at radius 1 is 0.351 bits per heavy atom. The molecule has 2 aromatic heterocycles. The van der Waals surface area contributed by atoms with Crippen molar-refractivity contribution in [3.8, 4) is 44.8 Å². The van der Waals surface area contributed by atoms with Crippen molar-refractivity contribution in [2.24, 2.45) is 0 Å². The van der Waals surface area contributed by atoms with E-state index in [-0.39, 0.29) is 18.3 Å². The Hall–Kier alpha value is -6.53. The van der Waals surface area contributed by atoms with Gasteiger partial charge < -0.3 is 18.4 Å². The van der Waals surface area contributed by atoms with Gasteiger partial charge in [0.25, 0.3) is 0 Å². The average molecular weight is 1200 g/mol. The van der Waals surface area contributed by atoms with Crippen LogP contribution in [0.15, 0.2) is 252 Å². The number of fused-ring (bicyclic) bond motifs is 6. The zero-order valence-electron chi connectivity index (χ0n) is 41.5. The smallest absolute Gasteiger partial charge is 0.399 e. The molecule has 8 heteroatoms. The summed E-state index contributed by atoms with van der Waals surface area (Å²) in [7, 11) is -0.364. The fourth-order valence-electron chi connectivity index (χ4n) is 9.88. The average Bonchev–Trinajstić information content (AvgIpc) is 4.02. The molecular weight excluding hydrogens is 1150 g/mol. The highest BCUT2D eigenvalue weighted by Gasteiger charge is 2.51. The van der Waals surface area contributed by atoms with Crippen LogP contribution in [0, 0.1) is 3.57 Å². The number of nitrogens with zero attached hydrogens (tertiary/aromatic N) is 2. The van der Waals surface area contributed by atoms with E-state index in [2.05, 4.69) is 322 Å². The standard InChI is InChI=1S/C30H20BrN.C24H24BNO2.C12H8BrI/c31-25-18-23(21-9-3-1-4-10-21)17-24(19-25)22-15-16-28-27-13-7-8-14-29(27)32(30(28)20-22)26-11-5-2-6-12-26;1-23(2)24(3,4)28-25(27-23)17-14-15-20-19-12-8-9-13-21(19)26(22(20)16-17)18-10-6-5-7-11-18;13-11-6-10(7-12(14)8-11)9-4-2-1-3-5-9/h1-20H;5-16H,1-4H3;1-8H. The fourth-order valence-corrected chi connectivity index (χ4v) is 12.0. The number of hydrogen-bond acceptors (Lipinski definition) is 2. The monoisotopic (exact) mass is 1200 g/mol. The lowest BCUT2D eigenvalue weighted by Gasteiger charge is -2.32. The van der Waals surface area contributed by atoms with Gasteiger partial charge in [0.05, 0.1) is 33.3 Å². The topological polar surface area (TPSA) is 28.3 Å². The molecular formula is C66H52BBr2IN2O2. The molecule has 0 saturated carbocycles. The molecule has 74 heavy (non-hydrogen) atoms. The van der Waals surface area contributed by atoms with E-state index in [0.29, 0.717) is 0 Å². The van der Waals surface area contributed by atoms with Crippen LogP contribution in [0.4, 0.5) is 0 Å². The van der Waals surface area contributed by atoms with Crippen molar-refractivity contribution in [1.82, 2.24) is 9.13 Å². The quantitative estimate of drug-likeness (QED) is 0.123. The van der Waals surface area contributed by atoms with E-state index < -0.39 is 0 Å². The third-order valence-electron chi connectivity index (χ3n) is 14.2. The molecule has 0 bridgehead atoms. The van der Waals surface area contributed by atoms with E-state index in [1.54, 1.807) is 0 Å². The Labute approximate surface area is 464 Å². The van der Waals surface area contributed by atoms with Crippen LogP contribution in [-0.4, -0.2) is 27.5 Å². The summed E-state index contributed by atoms with van der Waals surface area (Å²) in [6.07, 6.45) is 0. The Morgan fingerprint density at radius 3 is 1.24 bits per heavy atom. The van der Waals surface area contributed by atoms with Crippen molar-refractivity contribution < 1.29 is 9.31 Å². The van der Waals surface area contributed by atoms with Crippen LogP contribution in [0.1, 0.15) is 27.7 Å². The molecule has 1 saturated heterocycles. The van der Waals surface area contributed by atoms with Gasteiger partial charge in [0.2, 0.25) is 0 Å². The van der Waals surface area contributed by atoms with Gasteiger partial charge in [-0.15, -0.1) is 0 Å². The molecule has 362 valence electrons. The molecule has 0 amide bonds. The molecule has 0 aliphatic carbocycles. The highest BCUT2D eigenvalue weighted by molar-refractivity contribution is 14.1. The first-order valence-electron chi connectivity index (χ1n) is 24.8. The number of aromatic nitrogens is 2. The summed E-state index contributed by atoms with van der Waals surface area (Å²) in [5.41, 5.74) is 14.8. The second kappa shape index (κ2) is 21.0. The first-order chi connectivity index (χ1) is 35.9. The predicted octanol–water partition coefficient (Wildman–Crippen LogP) is 18.7. The van der Waals surface area contributed by atoms with Crippen LogP contribution in [-0.2, 0) is 9.31 Å². The minimum Gasteiger partial charge on any atom is -0.399 e. The summed E-state index contributed by atoms with van der Waals surface area (Å²) in [5.74, 6) is 0. The van der Waals surface area contributed by atoms with Crippen molar-refractivity contribution in [2.75, 3.05) is 0 Å². The number of halogens is 3. The van der Waals surface area contributed by atoms with E-state index in [1.807, 2.05) is 12.1 Å². The van der Waals surface area contributed by atoms with Crippen LogP contribution >= 0.6 is 54.5 Å². The molecule has 13 rings (SSSR count). The lowest BCUT2D eigenvalue weighted by Crippen LogP contribution is -2.41. The minimum absolute atomic E-state index is 0.348. The lowest BCUT2D eigenvalue weighted by atomic mass is 9.79. The number of rotatable bonds is 6. The lowest BCUT2D eigenvalue weighted by molar-refractivity contribution is 0.00578. The Kier molecular flexibility index (Phi) is 14.1. The van der Waals surface area contributed by atoms with Crippen molar-refractivity contribution in [3.63, 3.8) is 0 Å². The van der Waals surface area contributed by atoms with Gasteiger partial charge in [-0.1, -0.05) is 190 Å². The van der Waals surface area contributed by atoms with Crippen LogP contribution in [0.2, 0.25) is 0 Å². The van der Waals surface area contributed by atoms with Gasteiger partial charge in [0, 0.05) is 45.4 Å². The third-order valence-corrected chi connectivity index (χ3v) is 15.8. The normalized spacial score (nSPS) is 13.7. The molecule has 1 aliphatic heterocycles. The van der Waals surface area contributed by atoms with Gasteiger partial charge in [0.15, 0.2) is 0 Å². The van der Waals surface area contributed by atoms with E-state index in [0.717, 1.165) is 20.1 Å². The molecule has 3 heterocycles. The zero-order chi connectivity index (χ0) is 51.0. The second-order valence-electron chi connectivity index (χ2n) is 19.6. The van der Waals surface area contributed by atoms with Crippen molar-refractivity contribution >= 4 is 111 Å².